The van der Waals surface area contributed by atoms with Gasteiger partial charge in [0.2, 0.25) is 0 Å². The van der Waals surface area contributed by atoms with Gasteiger partial charge in [-0.1, -0.05) is 103 Å². The first-order valence-corrected chi connectivity index (χ1v) is 18.5. The third-order valence-electron chi connectivity index (χ3n) is 12.0. The van der Waals surface area contributed by atoms with Crippen molar-refractivity contribution in [1.82, 2.24) is 0 Å². The van der Waals surface area contributed by atoms with Crippen LogP contribution in [0.25, 0.3) is 59.8 Å². The summed E-state index contributed by atoms with van der Waals surface area (Å²) in [6.45, 7) is 0. The molecule has 7 aromatic carbocycles. The van der Waals surface area contributed by atoms with Crippen molar-refractivity contribution in [3.8, 4) is 16.9 Å². The average molecular weight is 649 g/mol. The van der Waals surface area contributed by atoms with Gasteiger partial charge in [-0.2, -0.15) is 0 Å². The van der Waals surface area contributed by atoms with Crippen molar-refractivity contribution in [1.29, 1.82) is 0 Å². The molecule has 0 unspecified atom stereocenters. The van der Waals surface area contributed by atoms with Crippen LogP contribution in [0.1, 0.15) is 66.7 Å². The number of aromatic hydroxyl groups is 1. The van der Waals surface area contributed by atoms with Crippen molar-refractivity contribution in [3.63, 3.8) is 0 Å². The summed E-state index contributed by atoms with van der Waals surface area (Å²) in [5.41, 5.74) is 10.1. The maximum absolute atomic E-state index is 12.9. The first kappa shape index (κ1) is 29.7. The van der Waals surface area contributed by atoms with E-state index in [2.05, 4.69) is 121 Å². The number of rotatable bonds is 3. The highest BCUT2D eigenvalue weighted by molar-refractivity contribution is 6.14. The molecular formula is C48H40O2. The minimum absolute atomic E-state index is 0.222. The summed E-state index contributed by atoms with van der Waals surface area (Å²) in [6.07, 6.45) is 9.93. The minimum atomic E-state index is -0.781. The molecule has 3 aliphatic rings. The molecule has 2 N–H and O–H groups in total. The van der Waals surface area contributed by atoms with E-state index in [0.717, 1.165) is 84.6 Å². The molecule has 2 heteroatoms. The molecule has 0 radical (unpaired) electrons. The molecule has 0 bridgehead atoms. The second kappa shape index (κ2) is 11.7. The topological polar surface area (TPSA) is 40.5 Å². The zero-order chi connectivity index (χ0) is 33.3. The van der Waals surface area contributed by atoms with E-state index in [1.54, 1.807) is 0 Å². The lowest BCUT2D eigenvalue weighted by molar-refractivity contribution is 0.213. The van der Waals surface area contributed by atoms with Crippen LogP contribution in [0, 0.1) is 0 Å². The summed E-state index contributed by atoms with van der Waals surface area (Å²) < 4.78 is 0. The summed E-state index contributed by atoms with van der Waals surface area (Å²) in [7, 11) is 0. The fourth-order valence-corrected chi connectivity index (χ4v) is 9.67. The van der Waals surface area contributed by atoms with E-state index in [4.69, 9.17) is 0 Å². The van der Waals surface area contributed by atoms with E-state index in [1.807, 2.05) is 0 Å². The molecule has 1 fully saturated rings. The van der Waals surface area contributed by atoms with Crippen molar-refractivity contribution >= 4 is 48.7 Å². The summed E-state index contributed by atoms with van der Waals surface area (Å²) in [6, 6.07) is 41.3. The van der Waals surface area contributed by atoms with Crippen LogP contribution in [0.4, 0.5) is 0 Å². The summed E-state index contributed by atoms with van der Waals surface area (Å²) in [5, 5.41) is 35.2. The number of hydrogen-bond donors (Lipinski definition) is 2. The van der Waals surface area contributed by atoms with Gasteiger partial charge in [-0.3, -0.25) is 0 Å². The van der Waals surface area contributed by atoms with Crippen molar-refractivity contribution < 1.29 is 10.2 Å². The van der Waals surface area contributed by atoms with Gasteiger partial charge in [-0.15, -0.1) is 0 Å². The van der Waals surface area contributed by atoms with Crippen molar-refractivity contribution in [2.45, 2.75) is 63.4 Å². The Kier molecular flexibility index (Phi) is 6.96. The highest BCUT2D eigenvalue weighted by Crippen LogP contribution is 2.53. The van der Waals surface area contributed by atoms with Gasteiger partial charge in [-0.05, 0) is 152 Å². The Morgan fingerprint density at radius 3 is 1.86 bits per heavy atom. The quantitative estimate of drug-likeness (QED) is 0.187. The Morgan fingerprint density at radius 1 is 0.520 bits per heavy atom. The number of aryl methyl sites for hydroxylation is 1. The molecule has 2 nitrogen and oxygen atoms in total. The fourth-order valence-electron chi connectivity index (χ4n) is 9.67. The van der Waals surface area contributed by atoms with Crippen LogP contribution in [-0.4, -0.2) is 16.3 Å². The maximum atomic E-state index is 12.9. The molecule has 7 aromatic rings. The van der Waals surface area contributed by atoms with Crippen molar-refractivity contribution in [3.05, 3.63) is 155 Å². The molecule has 10 rings (SSSR count). The molecule has 0 amide bonds. The Bertz CT molecular complexity index is 2580. The number of fused-ring (bicyclic) bond motifs is 8. The number of benzene rings is 7. The van der Waals surface area contributed by atoms with Gasteiger partial charge in [0.15, 0.2) is 0 Å². The number of phenols is 1. The third-order valence-corrected chi connectivity index (χ3v) is 12.0. The first-order valence-electron chi connectivity index (χ1n) is 18.5. The van der Waals surface area contributed by atoms with E-state index in [0.29, 0.717) is 5.75 Å². The van der Waals surface area contributed by atoms with Crippen LogP contribution in [0.3, 0.4) is 0 Å². The molecule has 50 heavy (non-hydrogen) atoms. The lowest BCUT2D eigenvalue weighted by Crippen LogP contribution is -2.27. The predicted molar refractivity (Wildman–Crippen MR) is 209 cm³/mol. The van der Waals surface area contributed by atoms with E-state index < -0.39 is 6.10 Å². The number of aliphatic hydroxyl groups is 1. The number of hydrogen-bond acceptors (Lipinski definition) is 2. The Morgan fingerprint density at radius 2 is 1.10 bits per heavy atom. The van der Waals surface area contributed by atoms with Crippen LogP contribution in [-0.2, 0) is 12.8 Å². The zero-order valence-corrected chi connectivity index (χ0v) is 28.3. The highest BCUT2D eigenvalue weighted by Gasteiger charge is 2.37. The van der Waals surface area contributed by atoms with Gasteiger partial charge in [0.05, 0.1) is 6.10 Å². The number of phenolic OH excluding ortho intramolecular Hbond substituents is 1. The molecule has 2 atom stereocenters. The lowest BCUT2D eigenvalue weighted by Gasteiger charge is -2.37. The second-order valence-corrected chi connectivity index (χ2v) is 14.7. The summed E-state index contributed by atoms with van der Waals surface area (Å²) in [5.74, 6) is 0.0988. The van der Waals surface area contributed by atoms with Crippen LogP contribution in [0.5, 0.6) is 5.75 Å². The lowest BCUT2D eigenvalue weighted by atomic mass is 9.69. The van der Waals surface area contributed by atoms with Crippen LogP contribution < -0.4 is 0 Å². The summed E-state index contributed by atoms with van der Waals surface area (Å²) >= 11 is 0. The minimum Gasteiger partial charge on any atom is -0.507 e. The molecule has 0 spiro atoms. The van der Waals surface area contributed by atoms with Crippen molar-refractivity contribution in [2.75, 3.05) is 0 Å². The van der Waals surface area contributed by atoms with Gasteiger partial charge in [0.1, 0.15) is 5.75 Å². The van der Waals surface area contributed by atoms with Gasteiger partial charge in [0, 0.05) is 17.0 Å². The highest BCUT2D eigenvalue weighted by atomic mass is 16.3. The monoisotopic (exact) mass is 648 g/mol. The van der Waals surface area contributed by atoms with Gasteiger partial charge in [-0.25, -0.2) is 0 Å². The zero-order valence-electron chi connectivity index (χ0n) is 28.3. The molecule has 3 aliphatic carbocycles. The Labute approximate surface area is 293 Å². The van der Waals surface area contributed by atoms with Crippen LogP contribution >= 0.6 is 0 Å². The molecule has 1 saturated carbocycles. The largest absolute Gasteiger partial charge is 0.507 e. The van der Waals surface area contributed by atoms with Gasteiger partial charge in [0.25, 0.3) is 0 Å². The molecular weight excluding hydrogens is 609 g/mol. The molecule has 0 aromatic heterocycles. The Hall–Kier alpha value is -5.18. The number of aliphatic hydroxyl groups excluding tert-OH is 1. The van der Waals surface area contributed by atoms with E-state index >= 15 is 0 Å². The molecule has 0 heterocycles. The summed E-state index contributed by atoms with van der Waals surface area (Å²) in [4.78, 5) is 0. The molecule has 244 valence electrons. The van der Waals surface area contributed by atoms with E-state index in [-0.39, 0.29) is 5.92 Å². The fraction of sp³-hybridized carbons (Fsp3) is 0.208. The smallest absolute Gasteiger partial charge is 0.131 e. The van der Waals surface area contributed by atoms with Crippen LogP contribution in [0.15, 0.2) is 132 Å². The Balaban J connectivity index is 1.24. The maximum Gasteiger partial charge on any atom is 0.131 e. The van der Waals surface area contributed by atoms with Crippen LogP contribution in [0.2, 0.25) is 0 Å². The number of allylic oxidation sites excluding steroid dienone is 2. The molecule has 0 saturated heterocycles. The van der Waals surface area contributed by atoms with Crippen molar-refractivity contribution in [2.24, 2.45) is 0 Å². The first-order chi connectivity index (χ1) is 24.7. The normalized spacial score (nSPS) is 19.2. The van der Waals surface area contributed by atoms with Gasteiger partial charge >= 0.3 is 0 Å². The van der Waals surface area contributed by atoms with E-state index in [1.165, 1.54) is 60.0 Å². The molecule has 0 aliphatic heterocycles. The standard InChI is InChI=1S/C48H40O2/c49-47-43(41-25-29-13-1-5-17-33(29)37-21-9-11-23-39(37)41)27-31-15-3-7-19-35(31)45(47)46-36-20-8-4-16-32(36)28-44(48(46)50)42-26-30-14-2-6-18-34(30)38-22-10-12-24-40(38)42/h1-2,5-6,9-14,17-18,21-28,43,47,49-50H,3-4,7-8,15-16,19-20H2/t43-,47+/m1/s1. The predicted octanol–water partition coefficient (Wildman–Crippen LogP) is 12.0. The SMILES string of the molecule is Oc1c(-c2cc3ccccc3c3ccccc23)cc2c(c1C1=C3CCCCC3=C[C@H](c3cc4ccccc4c4ccccc34)[C@@H]1O)CCCC2. The van der Waals surface area contributed by atoms with Gasteiger partial charge < -0.3 is 10.2 Å². The third kappa shape index (κ3) is 4.51. The average Bonchev–Trinajstić information content (AvgIpc) is 3.17. The second-order valence-electron chi connectivity index (χ2n) is 14.7. The van der Waals surface area contributed by atoms with E-state index in [9.17, 15) is 10.2 Å².